The minimum absolute atomic E-state index is 0.0604. The molecule has 3 amide bonds. The number of carbonyl (C=O) groups excluding carboxylic acids is 4. The number of para-hydroxylation sites is 1. The highest BCUT2D eigenvalue weighted by atomic mass is 16.5. The van der Waals surface area contributed by atoms with E-state index in [-0.39, 0.29) is 24.5 Å². The Morgan fingerprint density at radius 3 is 2.40 bits per heavy atom. The molecule has 2 atom stereocenters. The van der Waals surface area contributed by atoms with Crippen molar-refractivity contribution in [2.45, 2.75) is 33.2 Å². The van der Waals surface area contributed by atoms with Crippen molar-refractivity contribution in [3.63, 3.8) is 0 Å². The van der Waals surface area contributed by atoms with Crippen LogP contribution in [0.3, 0.4) is 0 Å². The molecule has 0 aliphatic heterocycles. The molecule has 0 radical (unpaired) electrons. The number of hydrogen-bond donors (Lipinski definition) is 3. The Morgan fingerprint density at radius 1 is 1.20 bits per heavy atom. The molecule has 0 fully saturated rings. The summed E-state index contributed by atoms with van der Waals surface area (Å²) >= 11 is 0. The van der Waals surface area contributed by atoms with Crippen molar-refractivity contribution in [3.05, 3.63) is 29.8 Å². The summed E-state index contributed by atoms with van der Waals surface area (Å²) in [5.41, 5.74) is 5.86. The molecule has 0 heterocycles. The smallest absolute Gasteiger partial charge is 0.306 e. The number of esters is 1. The molecular formula is C17H23N3O5. The second-order valence-corrected chi connectivity index (χ2v) is 5.57. The van der Waals surface area contributed by atoms with Crippen molar-refractivity contribution in [1.82, 2.24) is 5.32 Å². The highest BCUT2D eigenvalue weighted by Crippen LogP contribution is 2.16. The molecule has 0 bridgehead atoms. The molecule has 1 aromatic rings. The number of nitrogens with two attached hydrogens (primary N) is 1. The molecule has 25 heavy (non-hydrogen) atoms. The third-order valence-electron chi connectivity index (χ3n) is 3.44. The van der Waals surface area contributed by atoms with Gasteiger partial charge in [0.25, 0.3) is 5.91 Å². The van der Waals surface area contributed by atoms with Crippen molar-refractivity contribution in [2.24, 2.45) is 11.7 Å². The van der Waals surface area contributed by atoms with Gasteiger partial charge in [0.2, 0.25) is 11.8 Å². The van der Waals surface area contributed by atoms with Gasteiger partial charge in [0.05, 0.1) is 24.3 Å². The van der Waals surface area contributed by atoms with Gasteiger partial charge < -0.3 is 21.1 Å². The average molecular weight is 349 g/mol. The van der Waals surface area contributed by atoms with Gasteiger partial charge in [-0.3, -0.25) is 19.2 Å². The molecule has 0 unspecified atom stereocenters. The molecular weight excluding hydrogens is 326 g/mol. The Hall–Kier alpha value is -2.90. The number of nitrogens with one attached hydrogen (secondary N) is 2. The lowest BCUT2D eigenvalue weighted by Crippen LogP contribution is -2.49. The Morgan fingerprint density at radius 2 is 1.84 bits per heavy atom. The monoisotopic (exact) mass is 349 g/mol. The highest BCUT2D eigenvalue weighted by Gasteiger charge is 2.28. The van der Waals surface area contributed by atoms with E-state index in [1.54, 1.807) is 32.0 Å². The normalized spacial score (nSPS) is 12.6. The minimum Gasteiger partial charge on any atom is -0.466 e. The first-order chi connectivity index (χ1) is 11.8. The summed E-state index contributed by atoms with van der Waals surface area (Å²) in [6, 6.07) is 5.31. The quantitative estimate of drug-likeness (QED) is 0.599. The van der Waals surface area contributed by atoms with E-state index in [0.717, 1.165) is 0 Å². The summed E-state index contributed by atoms with van der Waals surface area (Å²) in [6.07, 6.45) is -0.0604. The summed E-state index contributed by atoms with van der Waals surface area (Å²) in [5, 5.41) is 5.07. The summed E-state index contributed by atoms with van der Waals surface area (Å²) in [4.78, 5) is 47.0. The fourth-order valence-corrected chi connectivity index (χ4v) is 2.29. The van der Waals surface area contributed by atoms with Crippen molar-refractivity contribution in [1.29, 1.82) is 0 Å². The lowest BCUT2D eigenvalue weighted by atomic mass is 9.97. The maximum atomic E-state index is 12.5. The van der Waals surface area contributed by atoms with Gasteiger partial charge in [-0.15, -0.1) is 0 Å². The zero-order chi connectivity index (χ0) is 19.0. The minimum atomic E-state index is -1.05. The number of anilines is 1. The predicted molar refractivity (Wildman–Crippen MR) is 91.6 cm³/mol. The van der Waals surface area contributed by atoms with Crippen molar-refractivity contribution in [3.8, 4) is 0 Å². The fraction of sp³-hybridized carbons (Fsp3) is 0.412. The van der Waals surface area contributed by atoms with E-state index >= 15 is 0 Å². The van der Waals surface area contributed by atoms with E-state index in [4.69, 9.17) is 10.5 Å². The number of carbonyl (C=O) groups is 4. The molecule has 136 valence electrons. The maximum absolute atomic E-state index is 12.5. The Kier molecular flexibility index (Phi) is 7.58. The Bertz CT molecular complexity index is 659. The van der Waals surface area contributed by atoms with E-state index in [2.05, 4.69) is 10.6 Å². The third-order valence-corrected chi connectivity index (χ3v) is 3.44. The van der Waals surface area contributed by atoms with Gasteiger partial charge in [0, 0.05) is 6.92 Å². The molecule has 8 nitrogen and oxygen atoms in total. The predicted octanol–water partition coefficient (Wildman–Crippen LogP) is 0.818. The average Bonchev–Trinajstić information content (AvgIpc) is 2.52. The first kappa shape index (κ1) is 20.1. The maximum Gasteiger partial charge on any atom is 0.306 e. The molecule has 0 saturated carbocycles. The topological polar surface area (TPSA) is 128 Å². The molecule has 0 aromatic heterocycles. The second kappa shape index (κ2) is 9.41. The number of hydrogen-bond acceptors (Lipinski definition) is 5. The highest BCUT2D eigenvalue weighted by molar-refractivity contribution is 6.04. The van der Waals surface area contributed by atoms with Crippen LogP contribution in [0.1, 0.15) is 37.6 Å². The van der Waals surface area contributed by atoms with Gasteiger partial charge in [-0.05, 0) is 25.0 Å². The van der Waals surface area contributed by atoms with Gasteiger partial charge >= 0.3 is 5.97 Å². The van der Waals surface area contributed by atoms with Crippen LogP contribution in [0.15, 0.2) is 24.3 Å². The Labute approximate surface area is 146 Å². The molecule has 0 aliphatic carbocycles. The van der Waals surface area contributed by atoms with Gasteiger partial charge in [0.1, 0.15) is 6.04 Å². The Balaban J connectivity index is 2.92. The standard InChI is InChI=1S/C17H23N3O5/c1-4-25-14(22)9-10(2)15(16(18)23)20-17(24)12-7-5-6-8-13(12)19-11(3)21/h5-8,10,15H,4,9H2,1-3H3,(H2,18,23)(H,19,21)(H,20,24)/t10-,15-/m1/s1. The zero-order valence-corrected chi connectivity index (χ0v) is 14.5. The number of benzene rings is 1. The third kappa shape index (κ3) is 6.25. The summed E-state index contributed by atoms with van der Waals surface area (Å²) in [5.74, 6) is -2.70. The van der Waals surface area contributed by atoms with E-state index in [1.807, 2.05) is 0 Å². The van der Waals surface area contributed by atoms with Crippen LogP contribution < -0.4 is 16.4 Å². The van der Waals surface area contributed by atoms with Crippen LogP contribution in [-0.4, -0.2) is 36.3 Å². The number of rotatable bonds is 8. The fourth-order valence-electron chi connectivity index (χ4n) is 2.29. The SMILES string of the molecule is CCOC(=O)C[C@@H](C)[C@@H](NC(=O)c1ccccc1NC(C)=O)C(N)=O. The molecule has 1 aromatic carbocycles. The van der Waals surface area contributed by atoms with E-state index in [0.29, 0.717) is 5.69 Å². The molecule has 4 N–H and O–H groups in total. The van der Waals surface area contributed by atoms with E-state index < -0.39 is 29.7 Å². The van der Waals surface area contributed by atoms with Crippen LogP contribution in [0.5, 0.6) is 0 Å². The van der Waals surface area contributed by atoms with Crippen LogP contribution in [0.2, 0.25) is 0 Å². The molecule has 0 spiro atoms. The van der Waals surface area contributed by atoms with Crippen LogP contribution in [-0.2, 0) is 19.1 Å². The van der Waals surface area contributed by atoms with Gasteiger partial charge in [-0.1, -0.05) is 19.1 Å². The summed E-state index contributed by atoms with van der Waals surface area (Å²) in [7, 11) is 0. The largest absolute Gasteiger partial charge is 0.466 e. The molecule has 8 heteroatoms. The van der Waals surface area contributed by atoms with Crippen LogP contribution in [0.4, 0.5) is 5.69 Å². The first-order valence-corrected chi connectivity index (χ1v) is 7.88. The van der Waals surface area contributed by atoms with Crippen molar-refractivity contribution in [2.75, 3.05) is 11.9 Å². The van der Waals surface area contributed by atoms with Crippen LogP contribution in [0, 0.1) is 5.92 Å². The summed E-state index contributed by atoms with van der Waals surface area (Å²) < 4.78 is 4.84. The lowest BCUT2D eigenvalue weighted by molar-refractivity contribution is -0.144. The molecule has 0 aliphatic rings. The van der Waals surface area contributed by atoms with Crippen LogP contribution >= 0.6 is 0 Å². The summed E-state index contributed by atoms with van der Waals surface area (Å²) in [6.45, 7) is 4.84. The van der Waals surface area contributed by atoms with E-state index in [1.165, 1.54) is 13.0 Å². The number of amides is 3. The van der Waals surface area contributed by atoms with Crippen molar-refractivity contribution < 1.29 is 23.9 Å². The number of primary amides is 1. The first-order valence-electron chi connectivity index (χ1n) is 7.88. The van der Waals surface area contributed by atoms with Gasteiger partial charge in [0.15, 0.2) is 0 Å². The number of ether oxygens (including phenoxy) is 1. The molecule has 0 saturated heterocycles. The van der Waals surface area contributed by atoms with Gasteiger partial charge in [-0.2, -0.15) is 0 Å². The van der Waals surface area contributed by atoms with Crippen molar-refractivity contribution >= 4 is 29.4 Å². The van der Waals surface area contributed by atoms with Gasteiger partial charge in [-0.25, -0.2) is 0 Å². The molecule has 1 rings (SSSR count). The second-order valence-electron chi connectivity index (χ2n) is 5.57. The van der Waals surface area contributed by atoms with Crippen LogP contribution in [0.25, 0.3) is 0 Å². The van der Waals surface area contributed by atoms with E-state index in [9.17, 15) is 19.2 Å². The zero-order valence-electron chi connectivity index (χ0n) is 14.5. The lowest BCUT2D eigenvalue weighted by Gasteiger charge is -2.22.